The van der Waals surface area contributed by atoms with Gasteiger partial charge in [0.05, 0.1) is 29.4 Å². The highest BCUT2D eigenvalue weighted by molar-refractivity contribution is 7.92. The fraction of sp³-hybridized carbons (Fsp3) is 0.370. The summed E-state index contributed by atoms with van der Waals surface area (Å²) >= 11 is 0. The number of H-pyrrole nitrogens is 1. The van der Waals surface area contributed by atoms with Crippen LogP contribution >= 0.6 is 0 Å². The van der Waals surface area contributed by atoms with Crippen LogP contribution < -0.4 is 16.2 Å². The van der Waals surface area contributed by atoms with Crippen LogP contribution in [0, 0.1) is 25.1 Å². The predicted molar refractivity (Wildman–Crippen MR) is 235 cm³/mol. The highest BCUT2D eigenvalue weighted by atomic mass is 32.2. The van der Waals surface area contributed by atoms with Gasteiger partial charge >= 0.3 is 11.4 Å². The van der Waals surface area contributed by atoms with Crippen LogP contribution in [0.1, 0.15) is 95.2 Å². The number of aromatic amines is 1. The van der Waals surface area contributed by atoms with Crippen molar-refractivity contribution < 1.29 is 26.9 Å². The van der Waals surface area contributed by atoms with Crippen LogP contribution in [-0.2, 0) is 26.7 Å². The number of carbonyl (C=O) groups excluding carboxylic acids is 1. The van der Waals surface area contributed by atoms with Crippen molar-refractivity contribution in [2.45, 2.75) is 76.8 Å². The van der Waals surface area contributed by atoms with Crippen molar-refractivity contribution in [3.8, 4) is 17.2 Å². The SMILES string of the molecule is Cc1cc(-n2nc3c(c2-n2ccn(-c4ccc(NS(C)(=O)=O)cc4)c2=O)C(C)N(C(=O)c2cc4cc(C5CCOCC5)ccc4n2C2(c4noc(=O)[nH]4)CC24CC4)CC3)cc(C)c1F. The molecule has 2 atom stereocenters. The molecule has 2 aliphatic heterocycles. The van der Waals surface area contributed by atoms with E-state index < -0.39 is 33.0 Å². The van der Waals surface area contributed by atoms with Gasteiger partial charge in [-0.05, 0) is 130 Å². The van der Waals surface area contributed by atoms with E-state index in [0.717, 1.165) is 42.8 Å². The Morgan fingerprint density at radius 1 is 0.953 bits per heavy atom. The summed E-state index contributed by atoms with van der Waals surface area (Å²) in [6, 6.07) is 17.6. The number of nitrogens with zero attached hydrogens (tertiary/aromatic N) is 7. The molecule has 1 spiro atoms. The number of hydrogen-bond acceptors (Lipinski definition) is 9. The standard InChI is InChI=1S/C46H46FN9O7S/c1-26-21-34(22-27(2)39(26)47)56-40(54-18-17-53(44(54)59)33-8-6-32(7-9-33)51-64(4,60)61)38-28(3)52(16-11-35(38)49-56)41(57)37-24-31-23-30(29-12-19-62-20-13-29)5-10-36(31)55(37)46(25-45(46)14-15-45)42-48-43(58)63-50-42/h5-10,17-18,21-24,28-29,51H,11-16,19-20,25H2,1-4H3,(H,48,50,58). The summed E-state index contributed by atoms with van der Waals surface area (Å²) in [5, 5.41) is 10.2. The number of ether oxygens (including phenoxy) is 1. The Kier molecular flexibility index (Phi) is 8.96. The lowest BCUT2D eigenvalue weighted by Gasteiger charge is -2.34. The summed E-state index contributed by atoms with van der Waals surface area (Å²) in [4.78, 5) is 47.3. The average molecular weight is 888 g/mol. The number of halogens is 1. The maximum Gasteiger partial charge on any atom is 0.438 e. The first-order valence-corrected chi connectivity index (χ1v) is 23.4. The molecular weight excluding hydrogens is 842 g/mol. The number of aromatic nitrogens is 7. The van der Waals surface area contributed by atoms with Crippen LogP contribution in [-0.4, -0.2) is 78.9 Å². The first-order chi connectivity index (χ1) is 30.7. The van der Waals surface area contributed by atoms with Crippen LogP contribution in [0.25, 0.3) is 28.1 Å². The maximum absolute atomic E-state index is 15.5. The zero-order valence-electron chi connectivity index (χ0n) is 35.7. The Morgan fingerprint density at radius 2 is 1.67 bits per heavy atom. The van der Waals surface area contributed by atoms with Gasteiger partial charge in [0.15, 0.2) is 5.82 Å². The third-order valence-corrected chi connectivity index (χ3v) is 14.6. The van der Waals surface area contributed by atoms with Gasteiger partial charge in [-0.2, -0.15) is 5.10 Å². The van der Waals surface area contributed by atoms with E-state index in [-0.39, 0.29) is 17.1 Å². The van der Waals surface area contributed by atoms with Crippen LogP contribution in [0.4, 0.5) is 10.1 Å². The second-order valence-electron chi connectivity index (χ2n) is 18.0. The number of rotatable bonds is 9. The minimum atomic E-state index is -3.51. The van der Waals surface area contributed by atoms with Crippen molar-refractivity contribution >= 4 is 32.5 Å². The highest BCUT2D eigenvalue weighted by Crippen LogP contribution is 2.79. The second-order valence-corrected chi connectivity index (χ2v) is 19.7. The van der Waals surface area contributed by atoms with Crippen LogP contribution in [0.15, 0.2) is 87.2 Å². The Hall–Kier alpha value is -6.53. The van der Waals surface area contributed by atoms with E-state index in [0.29, 0.717) is 95.3 Å². The van der Waals surface area contributed by atoms with Gasteiger partial charge in [0.2, 0.25) is 10.0 Å². The number of sulfonamides is 1. The van der Waals surface area contributed by atoms with Gasteiger partial charge in [0, 0.05) is 66.1 Å². The molecule has 3 fully saturated rings. The molecule has 18 heteroatoms. The summed E-state index contributed by atoms with van der Waals surface area (Å²) in [5.74, 6) is -0.0762. The van der Waals surface area contributed by atoms with Gasteiger partial charge in [-0.15, -0.1) is 0 Å². The Bertz CT molecular complexity index is 3270. The van der Waals surface area contributed by atoms with Crippen molar-refractivity contribution in [1.29, 1.82) is 0 Å². The minimum absolute atomic E-state index is 0.174. The fourth-order valence-corrected chi connectivity index (χ4v) is 11.2. The Labute approximate surface area is 366 Å². The maximum atomic E-state index is 15.5. The van der Waals surface area contributed by atoms with E-state index in [4.69, 9.17) is 14.4 Å². The lowest BCUT2D eigenvalue weighted by molar-refractivity contribution is 0.0663. The Morgan fingerprint density at radius 3 is 2.33 bits per heavy atom. The van der Waals surface area contributed by atoms with Gasteiger partial charge in [0.1, 0.15) is 22.9 Å². The zero-order chi connectivity index (χ0) is 44.4. The number of aryl methyl sites for hydroxylation is 2. The molecular formula is C46H46FN9O7S. The fourth-order valence-electron chi connectivity index (χ4n) is 10.6. The van der Waals surface area contributed by atoms with Crippen LogP contribution in [0.5, 0.6) is 0 Å². The zero-order valence-corrected chi connectivity index (χ0v) is 36.5. The number of benzene rings is 3. The molecule has 11 rings (SSSR count). The number of imidazole rings is 1. The summed E-state index contributed by atoms with van der Waals surface area (Å²) in [5.41, 5.74) is 4.67. The third-order valence-electron chi connectivity index (χ3n) is 14.0. The van der Waals surface area contributed by atoms with Crippen molar-refractivity contribution in [1.82, 2.24) is 38.5 Å². The highest BCUT2D eigenvalue weighted by Gasteiger charge is 2.78. The number of anilines is 1. The monoisotopic (exact) mass is 887 g/mol. The number of carbonyl (C=O) groups is 1. The van der Waals surface area contributed by atoms with Crippen molar-refractivity contribution in [3.63, 3.8) is 0 Å². The molecule has 7 aromatic rings. The van der Waals surface area contributed by atoms with E-state index in [1.807, 2.05) is 17.9 Å². The summed E-state index contributed by atoms with van der Waals surface area (Å²) < 4.78 is 58.7. The molecule has 64 heavy (non-hydrogen) atoms. The molecule has 0 bridgehead atoms. The van der Waals surface area contributed by atoms with Crippen LogP contribution in [0.2, 0.25) is 0 Å². The van der Waals surface area contributed by atoms with Crippen molar-refractivity contribution in [3.05, 3.63) is 139 Å². The Balaban J connectivity index is 1.04. The molecule has 1 amide bonds. The van der Waals surface area contributed by atoms with E-state index in [1.165, 1.54) is 14.7 Å². The molecule has 2 unspecified atom stereocenters. The van der Waals surface area contributed by atoms with Crippen molar-refractivity contribution in [2.75, 3.05) is 30.7 Å². The first-order valence-electron chi connectivity index (χ1n) is 21.5. The van der Waals surface area contributed by atoms with E-state index >= 15 is 9.18 Å². The predicted octanol–water partition coefficient (Wildman–Crippen LogP) is 6.15. The smallest absolute Gasteiger partial charge is 0.381 e. The molecule has 3 aromatic carbocycles. The van der Waals surface area contributed by atoms with Crippen molar-refractivity contribution in [2.24, 2.45) is 5.41 Å². The van der Waals surface area contributed by atoms with Gasteiger partial charge in [0.25, 0.3) is 5.91 Å². The molecule has 4 aromatic heterocycles. The van der Waals surface area contributed by atoms with Gasteiger partial charge in [-0.25, -0.2) is 27.1 Å². The largest absolute Gasteiger partial charge is 0.438 e. The molecule has 4 aliphatic rings. The number of hydrogen-bond donors (Lipinski definition) is 2. The number of fused-ring (bicyclic) bond motifs is 2. The summed E-state index contributed by atoms with van der Waals surface area (Å²) in [7, 11) is -3.51. The van der Waals surface area contributed by atoms with E-state index in [9.17, 15) is 18.0 Å². The molecule has 0 radical (unpaired) electrons. The molecule has 330 valence electrons. The van der Waals surface area contributed by atoms with Crippen LogP contribution in [0.3, 0.4) is 0 Å². The van der Waals surface area contributed by atoms with Gasteiger partial charge in [-0.3, -0.25) is 28.2 Å². The third kappa shape index (κ3) is 6.23. The quantitative estimate of drug-likeness (QED) is 0.172. The molecule has 6 heterocycles. The lowest BCUT2D eigenvalue weighted by Crippen LogP contribution is -2.41. The molecule has 1 saturated heterocycles. The second kappa shape index (κ2) is 14.2. The van der Waals surface area contributed by atoms with E-state index in [1.54, 1.807) is 67.3 Å². The molecule has 2 aliphatic carbocycles. The molecule has 2 N–H and O–H groups in total. The normalized spacial score (nSPS) is 20.5. The van der Waals surface area contributed by atoms with Gasteiger partial charge in [-0.1, -0.05) is 11.2 Å². The number of amides is 1. The minimum Gasteiger partial charge on any atom is -0.381 e. The number of nitrogens with one attached hydrogen (secondary N) is 2. The molecule has 2 saturated carbocycles. The first kappa shape index (κ1) is 40.3. The van der Waals surface area contributed by atoms with E-state index in [2.05, 4.69) is 37.6 Å². The summed E-state index contributed by atoms with van der Waals surface area (Å²) in [6.07, 6.45) is 9.03. The lowest BCUT2D eigenvalue weighted by atomic mass is 9.91. The summed E-state index contributed by atoms with van der Waals surface area (Å²) in [6.45, 7) is 7.01. The molecule has 16 nitrogen and oxygen atoms in total. The van der Waals surface area contributed by atoms with Gasteiger partial charge < -0.3 is 14.2 Å². The topological polar surface area (TPSA) is 184 Å². The average Bonchev–Trinajstić information content (AvgIpc) is 3.81.